The third-order valence-electron chi connectivity index (χ3n) is 4.08. The minimum atomic E-state index is -0.195. The van der Waals surface area contributed by atoms with E-state index in [2.05, 4.69) is 26.4 Å². The average Bonchev–Trinajstić information content (AvgIpc) is 3.04. The average molecular weight is 408 g/mol. The molecule has 1 aromatic heterocycles. The summed E-state index contributed by atoms with van der Waals surface area (Å²) in [6.45, 7) is 7.64. The van der Waals surface area contributed by atoms with Gasteiger partial charge in [0, 0.05) is 22.5 Å². The molecule has 7 heteroatoms. The van der Waals surface area contributed by atoms with Crippen LogP contribution in [0.15, 0.2) is 39.3 Å². The summed E-state index contributed by atoms with van der Waals surface area (Å²) in [5.74, 6) is 1.17. The number of ether oxygens (including phenoxy) is 1. The fraction of sp³-hybridized carbons (Fsp3) is 0.444. The molecule has 2 heterocycles. The minimum Gasteiger partial charge on any atom is -0.370 e. The Bertz CT molecular complexity index is 737. The molecule has 1 aliphatic rings. The van der Waals surface area contributed by atoms with Crippen molar-refractivity contribution >= 4 is 27.8 Å². The topological polar surface area (TPSA) is 67.6 Å². The van der Waals surface area contributed by atoms with Crippen molar-refractivity contribution < 1.29 is 14.1 Å². The highest BCUT2D eigenvalue weighted by Gasteiger charge is 2.27. The maximum Gasteiger partial charge on any atom is 0.323 e. The molecule has 1 aliphatic heterocycles. The zero-order chi connectivity index (χ0) is 18.0. The summed E-state index contributed by atoms with van der Waals surface area (Å²) in [5.41, 5.74) is 0.902. The second-order valence-electron chi connectivity index (χ2n) is 7.11. The lowest BCUT2D eigenvalue weighted by Gasteiger charge is -2.33. The van der Waals surface area contributed by atoms with E-state index < -0.39 is 0 Å². The number of urea groups is 1. The molecule has 1 unspecified atom stereocenters. The molecule has 0 bridgehead atoms. The highest BCUT2D eigenvalue weighted by molar-refractivity contribution is 9.10. The van der Waals surface area contributed by atoms with Crippen LogP contribution >= 0.6 is 15.9 Å². The standard InChI is InChI=1S/C18H22BrN3O3/c1-18(2,3)15-10-16(21-25-15)20-17(23)22-8-9-24-14(11-22)12-4-6-13(19)7-5-12/h4-7,10,14H,8-9,11H2,1-3H3,(H,20,21,23). The van der Waals surface area contributed by atoms with Crippen LogP contribution in [0.25, 0.3) is 0 Å². The van der Waals surface area contributed by atoms with Crippen LogP contribution < -0.4 is 5.32 Å². The van der Waals surface area contributed by atoms with Crippen LogP contribution in [0.5, 0.6) is 0 Å². The van der Waals surface area contributed by atoms with E-state index in [1.165, 1.54) is 0 Å². The highest BCUT2D eigenvalue weighted by Crippen LogP contribution is 2.26. The Morgan fingerprint density at radius 3 is 2.68 bits per heavy atom. The first kappa shape index (κ1) is 17.9. The van der Waals surface area contributed by atoms with Gasteiger partial charge in [0.15, 0.2) is 5.82 Å². The molecule has 3 rings (SSSR count). The van der Waals surface area contributed by atoms with Crippen LogP contribution in [-0.4, -0.2) is 35.8 Å². The number of rotatable bonds is 2. The summed E-state index contributed by atoms with van der Waals surface area (Å²) in [6, 6.07) is 9.53. The van der Waals surface area contributed by atoms with Crippen LogP contribution in [0.4, 0.5) is 10.6 Å². The Kier molecular flexibility index (Phi) is 5.15. The summed E-state index contributed by atoms with van der Waals surface area (Å²) >= 11 is 3.43. The van der Waals surface area contributed by atoms with Gasteiger partial charge in [-0.15, -0.1) is 0 Å². The molecule has 6 nitrogen and oxygen atoms in total. The second-order valence-corrected chi connectivity index (χ2v) is 8.03. The van der Waals surface area contributed by atoms with Gasteiger partial charge in [0.1, 0.15) is 11.9 Å². The predicted molar refractivity (Wildman–Crippen MR) is 98.6 cm³/mol. The van der Waals surface area contributed by atoms with Gasteiger partial charge in [0.2, 0.25) is 0 Å². The number of amides is 2. The Hall–Kier alpha value is -1.86. The van der Waals surface area contributed by atoms with E-state index in [1.54, 1.807) is 11.0 Å². The lowest BCUT2D eigenvalue weighted by Crippen LogP contribution is -2.44. The fourth-order valence-corrected chi connectivity index (χ4v) is 2.85. The number of carbonyl (C=O) groups excluding carboxylic acids is 1. The molecule has 25 heavy (non-hydrogen) atoms. The molecule has 1 fully saturated rings. The molecular weight excluding hydrogens is 386 g/mol. The van der Waals surface area contributed by atoms with Crippen molar-refractivity contribution in [3.05, 3.63) is 46.1 Å². The molecule has 0 aliphatic carbocycles. The summed E-state index contributed by atoms with van der Waals surface area (Å²) in [4.78, 5) is 14.3. The fourth-order valence-electron chi connectivity index (χ4n) is 2.59. The van der Waals surface area contributed by atoms with Gasteiger partial charge < -0.3 is 14.2 Å². The molecule has 1 aromatic carbocycles. The molecule has 0 radical (unpaired) electrons. The third-order valence-corrected chi connectivity index (χ3v) is 4.61. The largest absolute Gasteiger partial charge is 0.370 e. The van der Waals surface area contributed by atoms with Gasteiger partial charge in [-0.3, -0.25) is 5.32 Å². The van der Waals surface area contributed by atoms with Crippen molar-refractivity contribution in [2.75, 3.05) is 25.0 Å². The van der Waals surface area contributed by atoms with E-state index in [0.717, 1.165) is 15.8 Å². The number of nitrogens with one attached hydrogen (secondary N) is 1. The van der Waals surface area contributed by atoms with Gasteiger partial charge in [-0.05, 0) is 17.7 Å². The molecule has 0 spiro atoms. The van der Waals surface area contributed by atoms with E-state index >= 15 is 0 Å². The number of benzene rings is 1. The second kappa shape index (κ2) is 7.17. The molecule has 2 amide bonds. The molecular formula is C18H22BrN3O3. The number of halogens is 1. The maximum atomic E-state index is 12.5. The Labute approximate surface area is 155 Å². The molecule has 1 atom stereocenters. The Balaban J connectivity index is 1.64. The first-order valence-corrected chi connectivity index (χ1v) is 9.02. The molecule has 0 saturated carbocycles. The minimum absolute atomic E-state index is 0.130. The number of hydrogen-bond acceptors (Lipinski definition) is 4. The van der Waals surface area contributed by atoms with Crippen LogP contribution in [0.1, 0.15) is 38.2 Å². The van der Waals surface area contributed by atoms with Crippen LogP contribution in [0.2, 0.25) is 0 Å². The number of morpholine rings is 1. The van der Waals surface area contributed by atoms with Gasteiger partial charge in [0.25, 0.3) is 0 Å². The number of nitrogens with zero attached hydrogens (tertiary/aromatic N) is 2. The summed E-state index contributed by atoms with van der Waals surface area (Å²) in [5, 5.41) is 6.74. The summed E-state index contributed by atoms with van der Waals surface area (Å²) in [6.07, 6.45) is -0.130. The van der Waals surface area contributed by atoms with E-state index in [4.69, 9.17) is 9.26 Å². The van der Waals surface area contributed by atoms with Crippen LogP contribution in [0, 0.1) is 0 Å². The summed E-state index contributed by atoms with van der Waals surface area (Å²) in [7, 11) is 0. The van der Waals surface area contributed by atoms with E-state index in [9.17, 15) is 4.79 Å². The van der Waals surface area contributed by atoms with Crippen molar-refractivity contribution in [2.24, 2.45) is 0 Å². The van der Waals surface area contributed by atoms with Crippen molar-refractivity contribution in [1.29, 1.82) is 0 Å². The van der Waals surface area contributed by atoms with Crippen LogP contribution in [0.3, 0.4) is 0 Å². The smallest absolute Gasteiger partial charge is 0.323 e. The van der Waals surface area contributed by atoms with E-state index in [-0.39, 0.29) is 17.6 Å². The predicted octanol–water partition coefficient (Wildman–Crippen LogP) is 4.34. The Morgan fingerprint density at radius 1 is 1.32 bits per heavy atom. The number of carbonyl (C=O) groups is 1. The highest BCUT2D eigenvalue weighted by atomic mass is 79.9. The van der Waals surface area contributed by atoms with Crippen molar-refractivity contribution in [3.8, 4) is 0 Å². The zero-order valence-electron chi connectivity index (χ0n) is 14.6. The zero-order valence-corrected chi connectivity index (χ0v) is 16.2. The quantitative estimate of drug-likeness (QED) is 0.803. The number of anilines is 1. The van der Waals surface area contributed by atoms with Gasteiger partial charge in [-0.1, -0.05) is 54.0 Å². The number of hydrogen-bond donors (Lipinski definition) is 1. The first-order chi connectivity index (χ1) is 11.8. The monoisotopic (exact) mass is 407 g/mol. The molecule has 1 N–H and O–H groups in total. The molecule has 2 aromatic rings. The van der Waals surface area contributed by atoms with Crippen molar-refractivity contribution in [1.82, 2.24) is 10.1 Å². The van der Waals surface area contributed by atoms with Gasteiger partial charge >= 0.3 is 6.03 Å². The van der Waals surface area contributed by atoms with Crippen molar-refractivity contribution in [2.45, 2.75) is 32.3 Å². The van der Waals surface area contributed by atoms with Gasteiger partial charge in [-0.2, -0.15) is 0 Å². The molecule has 1 saturated heterocycles. The number of aromatic nitrogens is 1. The first-order valence-electron chi connectivity index (χ1n) is 8.23. The van der Waals surface area contributed by atoms with Crippen molar-refractivity contribution in [3.63, 3.8) is 0 Å². The normalized spacial score (nSPS) is 18.2. The lowest BCUT2D eigenvalue weighted by atomic mass is 9.93. The third kappa shape index (κ3) is 4.41. The van der Waals surface area contributed by atoms with Gasteiger partial charge in [0.05, 0.1) is 13.2 Å². The van der Waals surface area contributed by atoms with E-state index in [1.807, 2.05) is 45.0 Å². The van der Waals surface area contributed by atoms with Gasteiger partial charge in [-0.25, -0.2) is 4.79 Å². The summed E-state index contributed by atoms with van der Waals surface area (Å²) < 4.78 is 12.1. The maximum absolute atomic E-state index is 12.5. The molecule has 134 valence electrons. The van der Waals surface area contributed by atoms with E-state index in [0.29, 0.717) is 25.5 Å². The SMILES string of the molecule is CC(C)(C)c1cc(NC(=O)N2CCOC(c3ccc(Br)cc3)C2)no1. The Morgan fingerprint density at radius 2 is 2.04 bits per heavy atom. The van der Waals surface area contributed by atoms with Crippen LogP contribution in [-0.2, 0) is 10.2 Å². The lowest BCUT2D eigenvalue weighted by molar-refractivity contribution is -0.0135.